The first-order chi connectivity index (χ1) is 13.1. The van der Waals surface area contributed by atoms with Crippen LogP contribution in [0.2, 0.25) is 0 Å². The van der Waals surface area contributed by atoms with E-state index in [1.165, 1.54) is 0 Å². The standard InChI is InChI=1S/C21H22N2O4/c1-3-23(4-2)21(25)20(16-10-6-5-7-11-16)27-19(24)15-26-18-13-9-8-12-17(18)14-22/h5-13,20H,3-4,15H2,1-2H3/t20-/m1/s1. The minimum Gasteiger partial charge on any atom is -0.481 e. The number of ether oxygens (including phenoxy) is 2. The van der Waals surface area contributed by atoms with Gasteiger partial charge in [-0.05, 0) is 26.0 Å². The molecule has 0 aromatic heterocycles. The van der Waals surface area contributed by atoms with E-state index in [0.29, 0.717) is 30.0 Å². The van der Waals surface area contributed by atoms with Gasteiger partial charge in [0.2, 0.25) is 6.10 Å². The number of amides is 1. The van der Waals surface area contributed by atoms with Crippen LogP contribution in [0, 0.1) is 11.3 Å². The lowest BCUT2D eigenvalue weighted by Gasteiger charge is -2.25. The molecular weight excluding hydrogens is 344 g/mol. The molecule has 140 valence electrons. The van der Waals surface area contributed by atoms with Gasteiger partial charge in [-0.25, -0.2) is 4.79 Å². The molecule has 0 saturated heterocycles. The van der Waals surface area contributed by atoms with Crippen LogP contribution < -0.4 is 4.74 Å². The number of carbonyl (C=O) groups excluding carboxylic acids is 2. The van der Waals surface area contributed by atoms with Gasteiger partial charge in [0, 0.05) is 18.7 Å². The number of hydrogen-bond acceptors (Lipinski definition) is 5. The van der Waals surface area contributed by atoms with E-state index in [4.69, 9.17) is 14.7 Å². The van der Waals surface area contributed by atoms with Crippen molar-refractivity contribution >= 4 is 11.9 Å². The summed E-state index contributed by atoms with van der Waals surface area (Å²) >= 11 is 0. The molecule has 2 aromatic carbocycles. The summed E-state index contributed by atoms with van der Waals surface area (Å²) in [6.07, 6.45) is -1.03. The molecule has 1 atom stereocenters. The van der Waals surface area contributed by atoms with Gasteiger partial charge in [-0.2, -0.15) is 5.26 Å². The van der Waals surface area contributed by atoms with Crippen LogP contribution in [0.3, 0.4) is 0 Å². The van der Waals surface area contributed by atoms with Crippen molar-refractivity contribution in [2.75, 3.05) is 19.7 Å². The van der Waals surface area contributed by atoms with Crippen LogP contribution in [0.15, 0.2) is 54.6 Å². The van der Waals surface area contributed by atoms with Crippen LogP contribution in [0.1, 0.15) is 31.1 Å². The lowest BCUT2D eigenvalue weighted by atomic mass is 10.1. The number of nitriles is 1. The van der Waals surface area contributed by atoms with Crippen molar-refractivity contribution in [2.24, 2.45) is 0 Å². The molecule has 6 nitrogen and oxygen atoms in total. The van der Waals surface area contributed by atoms with Crippen molar-refractivity contribution in [3.05, 3.63) is 65.7 Å². The Labute approximate surface area is 158 Å². The molecule has 2 rings (SSSR count). The summed E-state index contributed by atoms with van der Waals surface area (Å²) in [7, 11) is 0. The molecule has 0 heterocycles. The Morgan fingerprint density at radius 3 is 2.30 bits per heavy atom. The summed E-state index contributed by atoms with van der Waals surface area (Å²) in [5.41, 5.74) is 0.921. The van der Waals surface area contributed by atoms with Gasteiger partial charge in [0.15, 0.2) is 6.61 Å². The number of carbonyl (C=O) groups is 2. The molecule has 0 aliphatic carbocycles. The molecule has 27 heavy (non-hydrogen) atoms. The van der Waals surface area contributed by atoms with Gasteiger partial charge in [-0.1, -0.05) is 42.5 Å². The average Bonchev–Trinajstić information content (AvgIpc) is 2.72. The topological polar surface area (TPSA) is 79.6 Å². The van der Waals surface area contributed by atoms with Crippen LogP contribution in [-0.4, -0.2) is 36.5 Å². The van der Waals surface area contributed by atoms with Gasteiger partial charge < -0.3 is 14.4 Å². The Balaban J connectivity index is 2.11. The largest absolute Gasteiger partial charge is 0.481 e. The number of para-hydroxylation sites is 1. The van der Waals surface area contributed by atoms with Gasteiger partial charge in [-0.3, -0.25) is 4.79 Å². The van der Waals surface area contributed by atoms with Gasteiger partial charge in [-0.15, -0.1) is 0 Å². The van der Waals surface area contributed by atoms with Crippen molar-refractivity contribution < 1.29 is 19.1 Å². The van der Waals surface area contributed by atoms with E-state index in [-0.39, 0.29) is 5.91 Å². The second kappa shape index (κ2) is 9.97. The Hall–Kier alpha value is -3.33. The maximum atomic E-state index is 12.8. The fourth-order valence-corrected chi connectivity index (χ4v) is 2.58. The Morgan fingerprint density at radius 1 is 1.04 bits per heavy atom. The van der Waals surface area contributed by atoms with Crippen molar-refractivity contribution in [3.8, 4) is 11.8 Å². The second-order valence-corrected chi connectivity index (χ2v) is 5.69. The summed E-state index contributed by atoms with van der Waals surface area (Å²) in [5, 5.41) is 9.07. The summed E-state index contributed by atoms with van der Waals surface area (Å²) in [4.78, 5) is 26.7. The smallest absolute Gasteiger partial charge is 0.345 e. The van der Waals surface area contributed by atoms with Crippen LogP contribution >= 0.6 is 0 Å². The number of likely N-dealkylation sites (N-methyl/N-ethyl adjacent to an activating group) is 1. The van der Waals surface area contributed by atoms with Crippen molar-refractivity contribution in [3.63, 3.8) is 0 Å². The molecule has 0 aliphatic rings. The highest BCUT2D eigenvalue weighted by atomic mass is 16.6. The summed E-state index contributed by atoms with van der Waals surface area (Å²) in [6, 6.07) is 17.5. The van der Waals surface area contributed by atoms with Crippen molar-refractivity contribution in [2.45, 2.75) is 20.0 Å². The normalized spacial score (nSPS) is 11.1. The minimum absolute atomic E-state index is 0.281. The molecule has 0 spiro atoms. The van der Waals surface area contributed by atoms with E-state index in [2.05, 4.69) is 0 Å². The third kappa shape index (κ3) is 5.32. The second-order valence-electron chi connectivity index (χ2n) is 5.69. The first-order valence-corrected chi connectivity index (χ1v) is 8.75. The fraction of sp³-hybridized carbons (Fsp3) is 0.286. The molecule has 0 radical (unpaired) electrons. The first-order valence-electron chi connectivity index (χ1n) is 8.75. The Kier molecular flexibility index (Phi) is 7.38. The molecular formula is C21H22N2O4. The number of esters is 1. The van der Waals surface area contributed by atoms with Crippen molar-refractivity contribution in [1.29, 1.82) is 5.26 Å². The number of nitrogens with zero attached hydrogens (tertiary/aromatic N) is 2. The summed E-state index contributed by atoms with van der Waals surface area (Å²) in [6.45, 7) is 4.37. The Morgan fingerprint density at radius 2 is 1.67 bits per heavy atom. The monoisotopic (exact) mass is 366 g/mol. The maximum Gasteiger partial charge on any atom is 0.345 e. The van der Waals surface area contributed by atoms with E-state index in [0.717, 1.165) is 0 Å². The van der Waals surface area contributed by atoms with E-state index < -0.39 is 18.7 Å². The van der Waals surface area contributed by atoms with Gasteiger partial charge in [0.25, 0.3) is 5.91 Å². The van der Waals surface area contributed by atoms with E-state index in [1.807, 2.05) is 26.0 Å². The van der Waals surface area contributed by atoms with E-state index in [1.54, 1.807) is 53.4 Å². The van der Waals surface area contributed by atoms with Crippen LogP contribution in [0.4, 0.5) is 0 Å². The number of rotatable bonds is 8. The molecule has 0 N–H and O–H groups in total. The van der Waals surface area contributed by atoms with Crippen LogP contribution in [0.25, 0.3) is 0 Å². The molecule has 2 aromatic rings. The third-order valence-corrected chi connectivity index (χ3v) is 4.00. The van der Waals surface area contributed by atoms with Crippen LogP contribution in [0.5, 0.6) is 5.75 Å². The fourth-order valence-electron chi connectivity index (χ4n) is 2.58. The average molecular weight is 366 g/mol. The van der Waals surface area contributed by atoms with E-state index >= 15 is 0 Å². The molecule has 0 aliphatic heterocycles. The number of benzene rings is 2. The van der Waals surface area contributed by atoms with Gasteiger partial charge >= 0.3 is 5.97 Å². The zero-order chi connectivity index (χ0) is 19.6. The number of hydrogen-bond donors (Lipinski definition) is 0. The van der Waals surface area contributed by atoms with Crippen molar-refractivity contribution in [1.82, 2.24) is 4.90 Å². The molecule has 0 bridgehead atoms. The summed E-state index contributed by atoms with van der Waals surface area (Å²) < 4.78 is 10.8. The third-order valence-electron chi connectivity index (χ3n) is 4.00. The predicted octanol–water partition coefficient (Wildman–Crippen LogP) is 3.09. The van der Waals surface area contributed by atoms with Crippen LogP contribution in [-0.2, 0) is 14.3 Å². The lowest BCUT2D eigenvalue weighted by Crippen LogP contribution is -2.37. The van der Waals surface area contributed by atoms with E-state index in [9.17, 15) is 9.59 Å². The quantitative estimate of drug-likeness (QED) is 0.671. The zero-order valence-corrected chi connectivity index (χ0v) is 15.4. The maximum absolute atomic E-state index is 12.8. The lowest BCUT2D eigenvalue weighted by molar-refractivity contribution is -0.162. The Bertz CT molecular complexity index is 810. The first kappa shape index (κ1) is 20.0. The molecule has 6 heteroatoms. The predicted molar refractivity (Wildman–Crippen MR) is 99.9 cm³/mol. The van der Waals surface area contributed by atoms with Gasteiger partial charge in [0.05, 0.1) is 5.56 Å². The molecule has 1 amide bonds. The zero-order valence-electron chi connectivity index (χ0n) is 15.4. The molecule has 0 saturated carbocycles. The van der Waals surface area contributed by atoms with Gasteiger partial charge in [0.1, 0.15) is 11.8 Å². The highest BCUT2D eigenvalue weighted by Gasteiger charge is 2.28. The molecule has 0 fully saturated rings. The minimum atomic E-state index is -1.03. The highest BCUT2D eigenvalue weighted by Crippen LogP contribution is 2.21. The summed E-state index contributed by atoms with van der Waals surface area (Å²) in [5.74, 6) is -0.669. The highest BCUT2D eigenvalue weighted by molar-refractivity contribution is 5.85. The SMILES string of the molecule is CCN(CC)C(=O)[C@H](OC(=O)COc1ccccc1C#N)c1ccccc1. The molecule has 0 unspecified atom stereocenters.